The van der Waals surface area contributed by atoms with Crippen LogP contribution in [0.4, 0.5) is 0 Å². The van der Waals surface area contributed by atoms with Crippen LogP contribution in [0.25, 0.3) is 10.9 Å². The lowest BCUT2D eigenvalue weighted by Crippen LogP contribution is -2.27. The number of hydrogen-bond acceptors (Lipinski definition) is 4. The molecule has 5 nitrogen and oxygen atoms in total. The van der Waals surface area contributed by atoms with E-state index in [2.05, 4.69) is 10.3 Å². The number of sulfone groups is 1. The fourth-order valence-corrected chi connectivity index (χ4v) is 4.54. The quantitative estimate of drug-likeness (QED) is 0.619. The van der Waals surface area contributed by atoms with Gasteiger partial charge in [-0.2, -0.15) is 0 Å². The highest BCUT2D eigenvalue weighted by Crippen LogP contribution is 2.18. The molecule has 2 aromatic carbocycles. The van der Waals surface area contributed by atoms with Crippen molar-refractivity contribution in [3.05, 3.63) is 77.0 Å². The van der Waals surface area contributed by atoms with E-state index in [9.17, 15) is 13.2 Å². The second-order valence-corrected chi connectivity index (χ2v) is 9.19. The number of carbonyl (C=O) groups excluding carboxylic acids is 1. The van der Waals surface area contributed by atoms with Gasteiger partial charge in [-0.25, -0.2) is 8.42 Å². The Kier molecular flexibility index (Phi) is 6.09. The van der Waals surface area contributed by atoms with E-state index in [0.29, 0.717) is 24.2 Å². The number of hydrogen-bond donors (Lipinski definition) is 1. The maximum atomic E-state index is 12.5. The van der Waals surface area contributed by atoms with Gasteiger partial charge in [-0.1, -0.05) is 42.0 Å². The van der Waals surface area contributed by atoms with E-state index >= 15 is 0 Å². The standard InChI is InChI=1S/C22H24N2O3S/c1-16-9-10-21-19(13-16)14-20(17(2)24-21)22(25)23-11-6-12-28(26,27)15-18-7-4-3-5-8-18/h3-5,7-10,13-14H,6,11-12,15H2,1-2H3,(H,23,25). The number of fused-ring (bicyclic) bond motifs is 1. The van der Waals surface area contributed by atoms with Gasteiger partial charge < -0.3 is 5.32 Å². The molecule has 0 saturated carbocycles. The predicted octanol–water partition coefficient (Wildman–Crippen LogP) is 3.59. The van der Waals surface area contributed by atoms with Crippen molar-refractivity contribution in [2.75, 3.05) is 12.3 Å². The number of nitrogens with zero attached hydrogens (tertiary/aromatic N) is 1. The Labute approximate surface area is 165 Å². The van der Waals surface area contributed by atoms with Crippen LogP contribution in [-0.4, -0.2) is 31.6 Å². The van der Waals surface area contributed by atoms with Crippen molar-refractivity contribution >= 4 is 26.6 Å². The van der Waals surface area contributed by atoms with Gasteiger partial charge in [0.2, 0.25) is 0 Å². The first kappa shape index (κ1) is 20.0. The van der Waals surface area contributed by atoms with Crippen molar-refractivity contribution in [3.8, 4) is 0 Å². The van der Waals surface area contributed by atoms with Crippen LogP contribution in [0.5, 0.6) is 0 Å². The Morgan fingerprint density at radius 1 is 1.04 bits per heavy atom. The number of benzene rings is 2. The molecule has 0 spiro atoms. The first-order valence-electron chi connectivity index (χ1n) is 9.25. The van der Waals surface area contributed by atoms with E-state index in [1.165, 1.54) is 0 Å². The van der Waals surface area contributed by atoms with Gasteiger partial charge in [-0.15, -0.1) is 0 Å². The number of aromatic nitrogens is 1. The Morgan fingerprint density at radius 2 is 1.79 bits per heavy atom. The number of rotatable bonds is 7. The minimum absolute atomic E-state index is 0.0227. The fraction of sp³-hybridized carbons (Fsp3) is 0.273. The van der Waals surface area contributed by atoms with Crippen LogP contribution < -0.4 is 5.32 Å². The summed E-state index contributed by atoms with van der Waals surface area (Å²) in [4.78, 5) is 17.0. The zero-order valence-electron chi connectivity index (χ0n) is 16.1. The fourth-order valence-electron chi connectivity index (χ4n) is 3.11. The van der Waals surface area contributed by atoms with Gasteiger partial charge in [0.05, 0.1) is 28.3 Å². The number of nitrogens with one attached hydrogen (secondary N) is 1. The molecule has 1 amide bonds. The summed E-state index contributed by atoms with van der Waals surface area (Å²) in [6.07, 6.45) is 0.375. The highest BCUT2D eigenvalue weighted by Gasteiger charge is 2.14. The first-order chi connectivity index (χ1) is 13.3. The van der Waals surface area contributed by atoms with E-state index in [1.54, 1.807) is 19.1 Å². The molecule has 0 radical (unpaired) electrons. The van der Waals surface area contributed by atoms with Crippen LogP contribution in [0.3, 0.4) is 0 Å². The topological polar surface area (TPSA) is 76.1 Å². The lowest BCUT2D eigenvalue weighted by Gasteiger charge is -2.10. The van der Waals surface area contributed by atoms with Gasteiger partial charge in [0.1, 0.15) is 0 Å². The molecule has 0 aliphatic carbocycles. The van der Waals surface area contributed by atoms with E-state index in [4.69, 9.17) is 0 Å². The molecule has 1 aromatic heterocycles. The van der Waals surface area contributed by atoms with Gasteiger partial charge in [0.25, 0.3) is 5.91 Å². The third-order valence-electron chi connectivity index (χ3n) is 4.55. The van der Waals surface area contributed by atoms with Crippen LogP contribution >= 0.6 is 0 Å². The average molecular weight is 397 g/mol. The summed E-state index contributed by atoms with van der Waals surface area (Å²) < 4.78 is 24.4. The van der Waals surface area contributed by atoms with Crippen LogP contribution in [0.1, 0.15) is 33.6 Å². The normalized spacial score (nSPS) is 11.5. The molecule has 0 unspecified atom stereocenters. The lowest BCUT2D eigenvalue weighted by molar-refractivity contribution is 0.0953. The van der Waals surface area contributed by atoms with Gasteiger partial charge in [0.15, 0.2) is 9.84 Å². The van der Waals surface area contributed by atoms with Crippen LogP contribution in [0.2, 0.25) is 0 Å². The Morgan fingerprint density at radius 3 is 2.54 bits per heavy atom. The number of carbonyl (C=O) groups is 1. The first-order valence-corrected chi connectivity index (χ1v) is 11.1. The second-order valence-electron chi connectivity index (χ2n) is 7.00. The molecule has 1 N–H and O–H groups in total. The van der Waals surface area contributed by atoms with Crippen LogP contribution in [0, 0.1) is 13.8 Å². The van der Waals surface area contributed by atoms with Crippen molar-refractivity contribution in [3.63, 3.8) is 0 Å². The lowest BCUT2D eigenvalue weighted by atomic mass is 10.1. The molecular formula is C22H24N2O3S. The van der Waals surface area contributed by atoms with Crippen molar-refractivity contribution in [1.29, 1.82) is 0 Å². The summed E-state index contributed by atoms with van der Waals surface area (Å²) in [5, 5.41) is 3.73. The van der Waals surface area contributed by atoms with Gasteiger partial charge in [-0.05, 0) is 44.0 Å². The molecule has 0 saturated heterocycles. The average Bonchev–Trinajstić information content (AvgIpc) is 2.65. The molecule has 1 heterocycles. The zero-order chi connectivity index (χ0) is 20.1. The molecule has 3 aromatic rings. The molecule has 28 heavy (non-hydrogen) atoms. The molecule has 0 aliphatic heterocycles. The Balaban J connectivity index is 1.57. The highest BCUT2D eigenvalue weighted by molar-refractivity contribution is 7.90. The molecular weight excluding hydrogens is 372 g/mol. The molecule has 0 fully saturated rings. The van der Waals surface area contributed by atoms with E-state index in [1.807, 2.05) is 49.4 Å². The largest absolute Gasteiger partial charge is 0.352 e. The zero-order valence-corrected chi connectivity index (χ0v) is 16.9. The number of aryl methyl sites for hydroxylation is 2. The van der Waals surface area contributed by atoms with Crippen molar-refractivity contribution in [2.24, 2.45) is 0 Å². The van der Waals surface area contributed by atoms with Gasteiger partial charge in [-0.3, -0.25) is 9.78 Å². The van der Waals surface area contributed by atoms with Crippen molar-refractivity contribution in [1.82, 2.24) is 10.3 Å². The Bertz CT molecular complexity index is 1090. The summed E-state index contributed by atoms with van der Waals surface area (Å²) >= 11 is 0. The highest BCUT2D eigenvalue weighted by atomic mass is 32.2. The van der Waals surface area contributed by atoms with Crippen LogP contribution in [0.15, 0.2) is 54.6 Å². The second kappa shape index (κ2) is 8.52. The summed E-state index contributed by atoms with van der Waals surface area (Å²) in [6.45, 7) is 4.10. The van der Waals surface area contributed by atoms with Crippen molar-refractivity contribution < 1.29 is 13.2 Å². The van der Waals surface area contributed by atoms with Crippen LogP contribution in [-0.2, 0) is 15.6 Å². The van der Waals surface area contributed by atoms with E-state index < -0.39 is 9.84 Å². The third-order valence-corrected chi connectivity index (χ3v) is 6.24. The number of amides is 1. The maximum absolute atomic E-state index is 12.5. The maximum Gasteiger partial charge on any atom is 0.253 e. The molecule has 3 rings (SSSR count). The summed E-state index contributed by atoms with van der Waals surface area (Å²) in [7, 11) is -3.20. The minimum atomic E-state index is -3.20. The van der Waals surface area contributed by atoms with Crippen molar-refractivity contribution in [2.45, 2.75) is 26.0 Å². The molecule has 0 aliphatic rings. The summed E-state index contributed by atoms with van der Waals surface area (Å²) in [5.41, 5.74) is 3.91. The van der Waals surface area contributed by atoms with Gasteiger partial charge in [0, 0.05) is 11.9 Å². The molecule has 6 heteroatoms. The molecule has 146 valence electrons. The third kappa shape index (κ3) is 5.16. The monoisotopic (exact) mass is 396 g/mol. The molecule has 0 atom stereocenters. The van der Waals surface area contributed by atoms with E-state index in [0.717, 1.165) is 22.0 Å². The van der Waals surface area contributed by atoms with E-state index in [-0.39, 0.29) is 17.4 Å². The smallest absolute Gasteiger partial charge is 0.253 e. The minimum Gasteiger partial charge on any atom is -0.352 e. The summed E-state index contributed by atoms with van der Waals surface area (Å²) in [5.74, 6) is -0.167. The predicted molar refractivity (Wildman–Crippen MR) is 112 cm³/mol. The molecule has 0 bridgehead atoms. The summed E-state index contributed by atoms with van der Waals surface area (Å²) in [6, 6.07) is 16.9. The SMILES string of the molecule is Cc1ccc2nc(C)c(C(=O)NCCCS(=O)(=O)Cc3ccccc3)cc2c1. The Hall–Kier alpha value is -2.73. The van der Waals surface area contributed by atoms with Gasteiger partial charge >= 0.3 is 0 Å². The number of pyridine rings is 1.